The summed E-state index contributed by atoms with van der Waals surface area (Å²) in [4.78, 5) is 16.1. The van der Waals surface area contributed by atoms with Crippen molar-refractivity contribution in [3.8, 4) is 0 Å². The molecular formula is C19H33IN4O. The van der Waals surface area contributed by atoms with Gasteiger partial charge in [-0.05, 0) is 25.0 Å². The summed E-state index contributed by atoms with van der Waals surface area (Å²) in [5.41, 5.74) is 6.50. The number of amides is 1. The quantitative estimate of drug-likeness (QED) is 0.193. The second-order valence-corrected chi connectivity index (χ2v) is 5.94. The lowest BCUT2D eigenvalue weighted by atomic mass is 10.1. The standard InChI is InChI=1S/C19H32N4O.HI/c1-2-3-4-5-6-10-14-22-19(20)23-16-11-15-21-18(24)17-12-8-7-9-13-17;/h7-9,12-13H,2-6,10-11,14-16H2,1H3,(H,21,24)(H3,20,22,23);1H. The van der Waals surface area contributed by atoms with Crippen molar-refractivity contribution in [2.45, 2.75) is 51.9 Å². The molecule has 0 spiro atoms. The number of guanidine groups is 1. The van der Waals surface area contributed by atoms with Crippen LogP contribution in [0.1, 0.15) is 62.2 Å². The molecule has 25 heavy (non-hydrogen) atoms. The summed E-state index contributed by atoms with van der Waals surface area (Å²) >= 11 is 0. The van der Waals surface area contributed by atoms with Gasteiger partial charge in [-0.15, -0.1) is 24.0 Å². The maximum Gasteiger partial charge on any atom is 0.251 e. The number of aliphatic imine (C=N–C) groups is 1. The molecule has 1 amide bonds. The van der Waals surface area contributed by atoms with Gasteiger partial charge in [0, 0.05) is 25.2 Å². The Morgan fingerprint density at radius 2 is 1.60 bits per heavy atom. The van der Waals surface area contributed by atoms with Crippen LogP contribution in [0, 0.1) is 0 Å². The molecule has 0 aliphatic carbocycles. The first-order chi connectivity index (χ1) is 11.7. The molecule has 4 N–H and O–H groups in total. The molecular weight excluding hydrogens is 427 g/mol. The van der Waals surface area contributed by atoms with Crippen LogP contribution in [0.4, 0.5) is 0 Å². The van der Waals surface area contributed by atoms with Crippen LogP contribution < -0.4 is 16.4 Å². The first-order valence-corrected chi connectivity index (χ1v) is 9.11. The fraction of sp³-hybridized carbons (Fsp3) is 0.579. The highest BCUT2D eigenvalue weighted by molar-refractivity contribution is 14.0. The van der Waals surface area contributed by atoms with Crippen molar-refractivity contribution < 1.29 is 4.79 Å². The van der Waals surface area contributed by atoms with E-state index in [1.54, 1.807) is 12.1 Å². The molecule has 0 radical (unpaired) electrons. The molecule has 1 aromatic carbocycles. The zero-order valence-electron chi connectivity index (χ0n) is 15.3. The average Bonchev–Trinajstić information content (AvgIpc) is 2.61. The second-order valence-electron chi connectivity index (χ2n) is 5.94. The van der Waals surface area contributed by atoms with Gasteiger partial charge in [-0.3, -0.25) is 9.79 Å². The number of hydrogen-bond donors (Lipinski definition) is 3. The summed E-state index contributed by atoms with van der Waals surface area (Å²) in [7, 11) is 0. The molecule has 1 rings (SSSR count). The molecule has 0 bridgehead atoms. The van der Waals surface area contributed by atoms with Crippen molar-refractivity contribution in [2.24, 2.45) is 10.7 Å². The zero-order valence-corrected chi connectivity index (χ0v) is 17.6. The Morgan fingerprint density at radius 1 is 0.960 bits per heavy atom. The molecule has 5 nitrogen and oxygen atoms in total. The van der Waals surface area contributed by atoms with Crippen molar-refractivity contribution in [3.63, 3.8) is 0 Å². The van der Waals surface area contributed by atoms with Gasteiger partial charge in [0.05, 0.1) is 0 Å². The lowest BCUT2D eigenvalue weighted by molar-refractivity contribution is 0.0953. The highest BCUT2D eigenvalue weighted by atomic mass is 127. The number of benzene rings is 1. The van der Waals surface area contributed by atoms with Crippen molar-refractivity contribution in [2.75, 3.05) is 19.6 Å². The summed E-state index contributed by atoms with van der Waals surface area (Å²) in [6.45, 7) is 4.32. The maximum atomic E-state index is 11.8. The topological polar surface area (TPSA) is 79.5 Å². The average molecular weight is 460 g/mol. The van der Waals surface area contributed by atoms with Gasteiger partial charge < -0.3 is 16.4 Å². The Balaban J connectivity index is 0.00000576. The van der Waals surface area contributed by atoms with Crippen LogP contribution in [0.2, 0.25) is 0 Å². The van der Waals surface area contributed by atoms with Crippen LogP contribution in [0.15, 0.2) is 35.3 Å². The van der Waals surface area contributed by atoms with E-state index in [1.807, 2.05) is 18.2 Å². The third-order valence-electron chi connectivity index (χ3n) is 3.78. The smallest absolute Gasteiger partial charge is 0.251 e. The molecule has 0 saturated heterocycles. The minimum Gasteiger partial charge on any atom is -0.370 e. The SMILES string of the molecule is CCCCCCCCNC(N)=NCCCNC(=O)c1ccccc1.I. The van der Waals surface area contributed by atoms with Crippen LogP contribution >= 0.6 is 24.0 Å². The van der Waals surface area contributed by atoms with Crippen molar-refractivity contribution >= 4 is 35.8 Å². The highest BCUT2D eigenvalue weighted by Gasteiger charge is 2.02. The van der Waals surface area contributed by atoms with Gasteiger partial charge in [0.2, 0.25) is 0 Å². The zero-order chi connectivity index (χ0) is 17.5. The van der Waals surface area contributed by atoms with Gasteiger partial charge in [0.15, 0.2) is 5.96 Å². The number of carbonyl (C=O) groups excluding carboxylic acids is 1. The number of unbranched alkanes of at least 4 members (excludes halogenated alkanes) is 5. The number of hydrogen-bond acceptors (Lipinski definition) is 2. The van der Waals surface area contributed by atoms with E-state index < -0.39 is 0 Å². The van der Waals surface area contributed by atoms with E-state index >= 15 is 0 Å². The van der Waals surface area contributed by atoms with E-state index in [-0.39, 0.29) is 29.9 Å². The molecule has 0 saturated carbocycles. The number of nitrogens with two attached hydrogens (primary N) is 1. The first-order valence-electron chi connectivity index (χ1n) is 9.11. The predicted octanol–water partition coefficient (Wildman–Crippen LogP) is 3.69. The third-order valence-corrected chi connectivity index (χ3v) is 3.78. The monoisotopic (exact) mass is 460 g/mol. The summed E-state index contributed by atoms with van der Waals surface area (Å²) in [6, 6.07) is 9.21. The Morgan fingerprint density at radius 3 is 2.32 bits per heavy atom. The fourth-order valence-electron chi connectivity index (χ4n) is 2.35. The van der Waals surface area contributed by atoms with Crippen LogP contribution in [-0.4, -0.2) is 31.5 Å². The van der Waals surface area contributed by atoms with E-state index in [0.29, 0.717) is 24.6 Å². The molecule has 142 valence electrons. The van der Waals surface area contributed by atoms with E-state index in [0.717, 1.165) is 19.4 Å². The normalized spacial score (nSPS) is 10.8. The van der Waals surface area contributed by atoms with E-state index in [1.165, 1.54) is 32.1 Å². The molecule has 0 aliphatic heterocycles. The molecule has 0 aromatic heterocycles. The molecule has 0 heterocycles. The summed E-state index contributed by atoms with van der Waals surface area (Å²) in [5, 5.41) is 6.02. The lowest BCUT2D eigenvalue weighted by Gasteiger charge is -2.06. The van der Waals surface area contributed by atoms with Crippen LogP contribution in [-0.2, 0) is 0 Å². The van der Waals surface area contributed by atoms with Gasteiger partial charge in [0.1, 0.15) is 0 Å². The minimum atomic E-state index is -0.0475. The number of nitrogens with zero attached hydrogens (tertiary/aromatic N) is 1. The Hall–Kier alpha value is -1.31. The lowest BCUT2D eigenvalue weighted by Crippen LogP contribution is -2.32. The van der Waals surface area contributed by atoms with Gasteiger partial charge in [-0.2, -0.15) is 0 Å². The fourth-order valence-corrected chi connectivity index (χ4v) is 2.35. The van der Waals surface area contributed by atoms with Crippen LogP contribution in [0.5, 0.6) is 0 Å². The van der Waals surface area contributed by atoms with Gasteiger partial charge in [0.25, 0.3) is 5.91 Å². The third kappa shape index (κ3) is 12.7. The second kappa shape index (κ2) is 16.2. The maximum absolute atomic E-state index is 11.8. The molecule has 1 aromatic rings. The van der Waals surface area contributed by atoms with Gasteiger partial charge >= 0.3 is 0 Å². The van der Waals surface area contributed by atoms with Crippen molar-refractivity contribution in [1.29, 1.82) is 0 Å². The van der Waals surface area contributed by atoms with Crippen LogP contribution in [0.25, 0.3) is 0 Å². The van der Waals surface area contributed by atoms with Gasteiger partial charge in [-0.1, -0.05) is 57.2 Å². The van der Waals surface area contributed by atoms with E-state index in [4.69, 9.17) is 5.73 Å². The molecule has 6 heteroatoms. The summed E-state index contributed by atoms with van der Waals surface area (Å²) in [6.07, 6.45) is 8.39. The molecule has 0 aliphatic rings. The largest absolute Gasteiger partial charge is 0.370 e. The van der Waals surface area contributed by atoms with E-state index in [9.17, 15) is 4.79 Å². The summed E-state index contributed by atoms with van der Waals surface area (Å²) < 4.78 is 0. The number of nitrogens with one attached hydrogen (secondary N) is 2. The van der Waals surface area contributed by atoms with Crippen molar-refractivity contribution in [3.05, 3.63) is 35.9 Å². The minimum absolute atomic E-state index is 0. The Labute approximate surface area is 169 Å². The number of carbonyl (C=O) groups is 1. The number of halogens is 1. The van der Waals surface area contributed by atoms with Crippen LogP contribution in [0.3, 0.4) is 0 Å². The molecule has 0 fully saturated rings. The first kappa shape index (κ1) is 23.7. The highest BCUT2D eigenvalue weighted by Crippen LogP contribution is 2.03. The molecule has 0 unspecified atom stereocenters. The Bertz CT molecular complexity index is 480. The van der Waals surface area contributed by atoms with E-state index in [2.05, 4.69) is 22.5 Å². The van der Waals surface area contributed by atoms with Crippen molar-refractivity contribution in [1.82, 2.24) is 10.6 Å². The van der Waals surface area contributed by atoms with Gasteiger partial charge in [-0.25, -0.2) is 0 Å². The Kier molecular flexibility index (Phi) is 15.3. The predicted molar refractivity (Wildman–Crippen MR) is 117 cm³/mol. The summed E-state index contributed by atoms with van der Waals surface area (Å²) in [5.74, 6) is 0.451. The number of rotatable bonds is 12. The molecule has 0 atom stereocenters.